The topological polar surface area (TPSA) is 115 Å². The fourth-order valence-corrected chi connectivity index (χ4v) is 6.72. The highest BCUT2D eigenvalue weighted by Crippen LogP contribution is 2.66. The van der Waals surface area contributed by atoms with Crippen molar-refractivity contribution in [2.45, 2.75) is 75.2 Å². The van der Waals surface area contributed by atoms with E-state index in [-0.39, 0.29) is 30.5 Å². The van der Waals surface area contributed by atoms with E-state index in [9.17, 15) is 19.5 Å². The second kappa shape index (κ2) is 4.96. The standard InChI is InChI=1S/C19H24N2O6/c1-10-3-4-11-14(26-15(24)18(11)7-8-20-21-18)16(2)12(22)9-17(19(10,16)25)6-5-13(23)27-17/h10-11,14,25H,3-9H2,1-2H3/t10-,11+,14+,16-,17?,18-,19+/m0/s1. The summed E-state index contributed by atoms with van der Waals surface area (Å²) in [7, 11) is 0. The van der Waals surface area contributed by atoms with Crippen LogP contribution in [0.1, 0.15) is 52.4 Å². The van der Waals surface area contributed by atoms with Crippen molar-refractivity contribution in [2.24, 2.45) is 27.5 Å². The van der Waals surface area contributed by atoms with Gasteiger partial charge in [-0.3, -0.25) is 9.59 Å². The molecule has 0 amide bonds. The molecule has 5 aliphatic rings. The Kier molecular flexibility index (Phi) is 3.17. The summed E-state index contributed by atoms with van der Waals surface area (Å²) in [6, 6.07) is 0. The maximum absolute atomic E-state index is 13.4. The number of nitrogens with zero attached hydrogens (tertiary/aromatic N) is 2. The first-order chi connectivity index (χ1) is 12.7. The van der Waals surface area contributed by atoms with Crippen LogP contribution in [-0.4, -0.2) is 52.2 Å². The van der Waals surface area contributed by atoms with Crippen molar-refractivity contribution in [1.82, 2.24) is 0 Å². The van der Waals surface area contributed by atoms with Gasteiger partial charge < -0.3 is 14.6 Å². The number of carbonyl (C=O) groups is 3. The number of hydrogen-bond acceptors (Lipinski definition) is 8. The van der Waals surface area contributed by atoms with Gasteiger partial charge in [-0.15, -0.1) is 0 Å². The van der Waals surface area contributed by atoms with Crippen LogP contribution in [0.4, 0.5) is 0 Å². The quantitative estimate of drug-likeness (QED) is 0.638. The summed E-state index contributed by atoms with van der Waals surface area (Å²) >= 11 is 0. The average molecular weight is 376 g/mol. The fourth-order valence-electron chi connectivity index (χ4n) is 6.72. The third kappa shape index (κ3) is 1.68. The molecule has 1 unspecified atom stereocenters. The summed E-state index contributed by atoms with van der Waals surface area (Å²) in [5.74, 6) is -1.65. The van der Waals surface area contributed by atoms with Crippen LogP contribution in [0.3, 0.4) is 0 Å². The first-order valence-electron chi connectivity index (χ1n) is 9.78. The summed E-state index contributed by atoms with van der Waals surface area (Å²) in [6.07, 6.45) is 1.34. The van der Waals surface area contributed by atoms with E-state index in [0.29, 0.717) is 32.2 Å². The Morgan fingerprint density at radius 3 is 2.59 bits per heavy atom. The van der Waals surface area contributed by atoms with Crippen molar-refractivity contribution in [3.63, 3.8) is 0 Å². The summed E-state index contributed by atoms with van der Waals surface area (Å²) in [5.41, 5.74) is -5.19. The highest BCUT2D eigenvalue weighted by molar-refractivity contribution is 5.94. The molecule has 1 N–H and O–H groups in total. The van der Waals surface area contributed by atoms with E-state index in [1.54, 1.807) is 6.92 Å². The molecule has 2 saturated heterocycles. The van der Waals surface area contributed by atoms with Gasteiger partial charge in [0.15, 0.2) is 5.54 Å². The van der Waals surface area contributed by atoms with Crippen LogP contribution in [0, 0.1) is 17.3 Å². The number of aliphatic hydroxyl groups is 1. The zero-order chi connectivity index (χ0) is 19.2. The lowest BCUT2D eigenvalue weighted by molar-refractivity contribution is -0.225. The monoisotopic (exact) mass is 376 g/mol. The number of hydrogen-bond donors (Lipinski definition) is 1. The zero-order valence-corrected chi connectivity index (χ0v) is 15.6. The average Bonchev–Trinajstić information content (AvgIpc) is 3.34. The van der Waals surface area contributed by atoms with Crippen molar-refractivity contribution in [3.8, 4) is 0 Å². The molecule has 2 aliphatic carbocycles. The minimum absolute atomic E-state index is 0.0363. The summed E-state index contributed by atoms with van der Waals surface area (Å²) in [5, 5.41) is 20.4. The Bertz CT molecular complexity index is 797. The summed E-state index contributed by atoms with van der Waals surface area (Å²) in [4.78, 5) is 38.1. The van der Waals surface area contributed by atoms with E-state index in [2.05, 4.69) is 10.2 Å². The van der Waals surface area contributed by atoms with Crippen LogP contribution < -0.4 is 0 Å². The Morgan fingerprint density at radius 1 is 1.19 bits per heavy atom. The van der Waals surface area contributed by atoms with Gasteiger partial charge in [0.2, 0.25) is 0 Å². The van der Waals surface area contributed by atoms with Crippen molar-refractivity contribution < 1.29 is 29.0 Å². The van der Waals surface area contributed by atoms with Crippen molar-refractivity contribution >= 4 is 17.7 Å². The van der Waals surface area contributed by atoms with E-state index in [1.807, 2.05) is 6.92 Å². The minimum atomic E-state index is -1.58. The molecule has 0 bridgehead atoms. The first kappa shape index (κ1) is 17.3. The molecule has 0 aromatic rings. The largest absolute Gasteiger partial charge is 0.459 e. The second-order valence-electron chi connectivity index (χ2n) is 9.09. The van der Waals surface area contributed by atoms with Gasteiger partial charge in [-0.25, -0.2) is 4.79 Å². The molecule has 3 aliphatic heterocycles. The molecule has 8 heteroatoms. The van der Waals surface area contributed by atoms with Crippen LogP contribution in [0.5, 0.6) is 0 Å². The van der Waals surface area contributed by atoms with Gasteiger partial charge in [-0.05, 0) is 25.7 Å². The van der Waals surface area contributed by atoms with Gasteiger partial charge in [0.05, 0.1) is 18.4 Å². The fraction of sp³-hybridized carbons (Fsp3) is 0.842. The van der Waals surface area contributed by atoms with E-state index in [1.165, 1.54) is 0 Å². The third-order valence-electron chi connectivity index (χ3n) is 8.16. The number of ether oxygens (including phenoxy) is 2. The normalized spacial score (nSPS) is 53.6. The molecule has 3 heterocycles. The molecule has 7 atom stereocenters. The van der Waals surface area contributed by atoms with Gasteiger partial charge in [0, 0.05) is 25.2 Å². The van der Waals surface area contributed by atoms with E-state index in [0.717, 1.165) is 0 Å². The molecule has 0 radical (unpaired) electrons. The van der Waals surface area contributed by atoms with Crippen molar-refractivity contribution in [2.75, 3.05) is 6.54 Å². The zero-order valence-electron chi connectivity index (χ0n) is 15.6. The lowest BCUT2D eigenvalue weighted by Gasteiger charge is -2.49. The van der Waals surface area contributed by atoms with E-state index < -0.39 is 40.2 Å². The second-order valence-corrected chi connectivity index (χ2v) is 9.09. The summed E-state index contributed by atoms with van der Waals surface area (Å²) < 4.78 is 11.4. The van der Waals surface area contributed by atoms with Crippen molar-refractivity contribution in [1.29, 1.82) is 0 Å². The van der Waals surface area contributed by atoms with Gasteiger partial charge in [-0.1, -0.05) is 6.92 Å². The number of Topliss-reactive ketones (excluding diaryl/α,β-unsaturated/α-hetero) is 1. The maximum Gasteiger partial charge on any atom is 0.336 e. The SMILES string of the molecule is C[C@H]1CC[C@@H]2[C@@H](OC(=O)[C@]23CCN=N3)[C@]2(C)C(=O)CC3(CCC(=O)O3)[C@@]12O. The molecule has 0 aromatic heterocycles. The predicted molar refractivity (Wildman–Crippen MR) is 89.6 cm³/mol. The Labute approximate surface area is 156 Å². The predicted octanol–water partition coefficient (Wildman–Crippen LogP) is 1.34. The Hall–Kier alpha value is -1.83. The number of carbonyl (C=O) groups excluding carboxylic acids is 3. The molecule has 4 fully saturated rings. The van der Waals surface area contributed by atoms with Gasteiger partial charge >= 0.3 is 11.9 Å². The molecule has 146 valence electrons. The Balaban J connectivity index is 1.68. The smallest absolute Gasteiger partial charge is 0.336 e. The van der Waals surface area contributed by atoms with E-state index >= 15 is 0 Å². The number of azo groups is 1. The van der Waals surface area contributed by atoms with E-state index in [4.69, 9.17) is 9.47 Å². The lowest BCUT2D eigenvalue weighted by atomic mass is 9.60. The number of esters is 2. The summed E-state index contributed by atoms with van der Waals surface area (Å²) in [6.45, 7) is 4.05. The van der Waals surface area contributed by atoms with Gasteiger partial charge in [-0.2, -0.15) is 10.2 Å². The first-order valence-corrected chi connectivity index (χ1v) is 9.78. The molecule has 2 saturated carbocycles. The molecular weight excluding hydrogens is 352 g/mol. The highest BCUT2D eigenvalue weighted by Gasteiger charge is 2.81. The lowest BCUT2D eigenvalue weighted by Crippen LogP contribution is -2.65. The van der Waals surface area contributed by atoms with Crippen molar-refractivity contribution in [3.05, 3.63) is 0 Å². The molecule has 27 heavy (non-hydrogen) atoms. The molecule has 0 aromatic carbocycles. The molecule has 5 rings (SSSR count). The molecular formula is C19H24N2O6. The highest BCUT2D eigenvalue weighted by atomic mass is 16.6. The molecule has 2 spiro atoms. The number of ketones is 1. The van der Waals surface area contributed by atoms with Gasteiger partial charge in [0.1, 0.15) is 23.1 Å². The number of fused-ring (bicyclic) bond motifs is 5. The van der Waals surface area contributed by atoms with Crippen LogP contribution in [-0.2, 0) is 23.9 Å². The van der Waals surface area contributed by atoms with Gasteiger partial charge in [0.25, 0.3) is 0 Å². The Morgan fingerprint density at radius 2 is 1.96 bits per heavy atom. The van der Waals surface area contributed by atoms with Crippen LogP contribution >= 0.6 is 0 Å². The number of rotatable bonds is 0. The third-order valence-corrected chi connectivity index (χ3v) is 8.16. The minimum Gasteiger partial charge on any atom is -0.459 e. The van der Waals surface area contributed by atoms with Crippen LogP contribution in [0.2, 0.25) is 0 Å². The maximum atomic E-state index is 13.4. The molecule has 8 nitrogen and oxygen atoms in total. The van der Waals surface area contributed by atoms with Crippen LogP contribution in [0.15, 0.2) is 10.2 Å². The van der Waals surface area contributed by atoms with Crippen LogP contribution in [0.25, 0.3) is 0 Å².